The topological polar surface area (TPSA) is 53.8 Å². The molecule has 0 radical (unpaired) electrons. The van der Waals surface area contributed by atoms with Crippen molar-refractivity contribution in [1.82, 2.24) is 9.21 Å². The molecular weight excluding hydrogens is 396 g/mol. The lowest BCUT2D eigenvalue weighted by Gasteiger charge is -2.25. The van der Waals surface area contributed by atoms with Crippen LogP contribution in [-0.2, 0) is 36.0 Å². The van der Waals surface area contributed by atoms with Gasteiger partial charge in [-0.25, -0.2) is 8.42 Å². The van der Waals surface area contributed by atoms with Gasteiger partial charge in [0.1, 0.15) is 11.5 Å². The monoisotopic (exact) mass is 426 g/mol. The van der Waals surface area contributed by atoms with E-state index in [9.17, 15) is 8.42 Å². The Kier molecular flexibility index (Phi) is 8.56. The van der Waals surface area contributed by atoms with E-state index in [0.29, 0.717) is 19.5 Å². The molecule has 0 atom stereocenters. The zero-order valence-corrected chi connectivity index (χ0v) is 18.4. The summed E-state index contributed by atoms with van der Waals surface area (Å²) in [5, 5.41) is 0. The normalized spacial score (nSPS) is 14.7. The first-order chi connectivity index (χ1) is 12.9. The summed E-state index contributed by atoms with van der Waals surface area (Å²) in [7, 11) is 0.770. The third-order valence-corrected chi connectivity index (χ3v) is 6.88. The van der Waals surface area contributed by atoms with E-state index in [0.717, 1.165) is 49.3 Å². The molecule has 2 aromatic rings. The first-order valence-corrected chi connectivity index (χ1v) is 11.3. The van der Waals surface area contributed by atoms with E-state index in [1.807, 2.05) is 37.2 Å². The zero-order valence-electron chi connectivity index (χ0n) is 16.8. The van der Waals surface area contributed by atoms with E-state index in [4.69, 9.17) is 4.42 Å². The molecule has 3 rings (SSSR count). The van der Waals surface area contributed by atoms with E-state index < -0.39 is 10.0 Å². The molecule has 0 amide bonds. The first kappa shape index (κ1) is 22.9. The molecule has 1 aliphatic rings. The van der Waals surface area contributed by atoms with Gasteiger partial charge in [-0.1, -0.05) is 36.8 Å². The van der Waals surface area contributed by atoms with Gasteiger partial charge in [-0.2, -0.15) is 4.31 Å². The summed E-state index contributed by atoms with van der Waals surface area (Å²) in [6.07, 6.45) is 4.41. The molecule has 0 saturated heterocycles. The molecule has 0 unspecified atom stereocenters. The highest BCUT2D eigenvalue weighted by atomic mass is 35.5. The van der Waals surface area contributed by atoms with Crippen molar-refractivity contribution in [3.8, 4) is 0 Å². The van der Waals surface area contributed by atoms with E-state index in [2.05, 4.69) is 18.2 Å². The summed E-state index contributed by atoms with van der Waals surface area (Å²) >= 11 is 0. The van der Waals surface area contributed by atoms with Gasteiger partial charge in [0.25, 0.3) is 0 Å². The third kappa shape index (κ3) is 6.34. The fourth-order valence-electron chi connectivity index (χ4n) is 3.55. The van der Waals surface area contributed by atoms with Crippen LogP contribution < -0.4 is 0 Å². The number of sulfonamides is 1. The second-order valence-corrected chi connectivity index (χ2v) is 9.68. The smallest absolute Gasteiger partial charge is 0.214 e. The Labute approximate surface area is 175 Å². The van der Waals surface area contributed by atoms with E-state index in [1.54, 1.807) is 4.31 Å². The summed E-state index contributed by atoms with van der Waals surface area (Å²) in [5.74, 6) is 1.94. The summed E-state index contributed by atoms with van der Waals surface area (Å²) in [4.78, 5) is 2.05. The predicted molar refractivity (Wildman–Crippen MR) is 115 cm³/mol. The van der Waals surface area contributed by atoms with Crippen LogP contribution in [0.4, 0.5) is 0 Å². The van der Waals surface area contributed by atoms with Crippen LogP contribution in [0.3, 0.4) is 0 Å². The SMILES string of the molecule is CN(C)Cc1cc2c(o1)CN(S(=O)(=O)CCCCCc1ccccc1)CC2.Cl. The summed E-state index contributed by atoms with van der Waals surface area (Å²) in [6, 6.07) is 12.4. The average molecular weight is 427 g/mol. The highest BCUT2D eigenvalue weighted by Crippen LogP contribution is 2.25. The van der Waals surface area contributed by atoms with Crippen LogP contribution in [0.2, 0.25) is 0 Å². The molecule has 5 nitrogen and oxygen atoms in total. The number of nitrogens with zero attached hydrogens (tertiary/aromatic N) is 2. The van der Waals surface area contributed by atoms with Crippen LogP contribution in [0, 0.1) is 0 Å². The molecule has 0 aliphatic carbocycles. The molecule has 0 bridgehead atoms. The largest absolute Gasteiger partial charge is 0.463 e. The fourth-order valence-corrected chi connectivity index (χ4v) is 5.06. The van der Waals surface area contributed by atoms with Crippen molar-refractivity contribution >= 4 is 22.4 Å². The molecule has 1 aliphatic heterocycles. The number of aryl methyl sites for hydroxylation is 1. The quantitative estimate of drug-likeness (QED) is 0.571. The second kappa shape index (κ2) is 10.4. The van der Waals surface area contributed by atoms with Gasteiger partial charge in [-0.15, -0.1) is 12.4 Å². The maximum atomic E-state index is 12.7. The molecule has 0 spiro atoms. The Morgan fingerprint density at radius 2 is 1.86 bits per heavy atom. The predicted octanol–water partition coefficient (Wildman–Crippen LogP) is 3.86. The summed E-state index contributed by atoms with van der Waals surface area (Å²) in [5.41, 5.74) is 2.47. The number of unbranched alkanes of at least 4 members (excludes halogenated alkanes) is 2. The Morgan fingerprint density at radius 1 is 1.11 bits per heavy atom. The van der Waals surface area contributed by atoms with Crippen LogP contribution in [-0.4, -0.2) is 44.0 Å². The van der Waals surface area contributed by atoms with Gasteiger partial charge in [-0.05, 0) is 57.0 Å². The maximum absolute atomic E-state index is 12.7. The Morgan fingerprint density at radius 3 is 2.57 bits per heavy atom. The fraction of sp³-hybridized carbons (Fsp3) is 0.524. The van der Waals surface area contributed by atoms with Crippen LogP contribution >= 0.6 is 12.4 Å². The van der Waals surface area contributed by atoms with Gasteiger partial charge in [0.2, 0.25) is 10.0 Å². The molecule has 28 heavy (non-hydrogen) atoms. The van der Waals surface area contributed by atoms with Crippen molar-refractivity contribution in [3.05, 3.63) is 59.0 Å². The van der Waals surface area contributed by atoms with Gasteiger partial charge < -0.3 is 9.32 Å². The molecular formula is C21H31ClN2O3S. The van der Waals surface area contributed by atoms with E-state index in [1.165, 1.54) is 5.56 Å². The number of fused-ring (bicyclic) bond motifs is 1. The Bertz CT molecular complexity index is 835. The lowest BCUT2D eigenvalue weighted by atomic mass is 10.1. The number of benzene rings is 1. The van der Waals surface area contributed by atoms with Gasteiger partial charge in [0, 0.05) is 6.54 Å². The molecule has 2 heterocycles. The van der Waals surface area contributed by atoms with E-state index >= 15 is 0 Å². The van der Waals surface area contributed by atoms with Crippen LogP contribution in [0.1, 0.15) is 41.9 Å². The first-order valence-electron chi connectivity index (χ1n) is 9.71. The lowest BCUT2D eigenvalue weighted by Crippen LogP contribution is -2.37. The third-order valence-electron chi connectivity index (χ3n) is 4.97. The van der Waals surface area contributed by atoms with Crippen molar-refractivity contribution in [1.29, 1.82) is 0 Å². The van der Waals surface area contributed by atoms with Crippen molar-refractivity contribution in [3.63, 3.8) is 0 Å². The molecule has 0 N–H and O–H groups in total. The minimum Gasteiger partial charge on any atom is -0.463 e. The van der Waals surface area contributed by atoms with Gasteiger partial charge in [-0.3, -0.25) is 0 Å². The molecule has 0 saturated carbocycles. The Hall–Kier alpha value is -1.34. The molecule has 1 aromatic heterocycles. The van der Waals surface area contributed by atoms with E-state index in [-0.39, 0.29) is 18.2 Å². The second-order valence-electron chi connectivity index (χ2n) is 7.59. The van der Waals surface area contributed by atoms with Crippen molar-refractivity contribution < 1.29 is 12.8 Å². The Balaban J connectivity index is 0.00000280. The average Bonchev–Trinajstić information content (AvgIpc) is 3.02. The minimum absolute atomic E-state index is 0. The van der Waals surface area contributed by atoms with Gasteiger partial charge in [0.15, 0.2) is 0 Å². The standard InChI is InChI=1S/C21H30N2O3S.ClH/c1-22(2)16-20-15-19-12-13-23(17-21(19)26-20)27(24,25)14-8-4-7-11-18-9-5-3-6-10-18;/h3,5-6,9-10,15H,4,7-8,11-14,16-17H2,1-2H3;1H. The molecule has 1 aromatic carbocycles. The van der Waals surface area contributed by atoms with Crippen molar-refractivity contribution in [2.24, 2.45) is 0 Å². The van der Waals surface area contributed by atoms with Crippen molar-refractivity contribution in [2.45, 2.75) is 45.2 Å². The highest BCUT2D eigenvalue weighted by Gasteiger charge is 2.28. The van der Waals surface area contributed by atoms with Gasteiger partial charge in [0.05, 0.1) is 18.8 Å². The summed E-state index contributed by atoms with van der Waals surface area (Å²) in [6.45, 7) is 1.66. The maximum Gasteiger partial charge on any atom is 0.214 e. The molecule has 156 valence electrons. The zero-order chi connectivity index (χ0) is 19.3. The molecule has 7 heteroatoms. The van der Waals surface area contributed by atoms with Crippen LogP contribution in [0.15, 0.2) is 40.8 Å². The number of hydrogen-bond donors (Lipinski definition) is 0. The summed E-state index contributed by atoms with van der Waals surface area (Å²) < 4.78 is 32.9. The highest BCUT2D eigenvalue weighted by molar-refractivity contribution is 7.89. The van der Waals surface area contributed by atoms with Crippen LogP contribution in [0.25, 0.3) is 0 Å². The van der Waals surface area contributed by atoms with Crippen LogP contribution in [0.5, 0.6) is 0 Å². The number of hydrogen-bond acceptors (Lipinski definition) is 4. The number of furan rings is 1. The number of rotatable bonds is 9. The lowest BCUT2D eigenvalue weighted by molar-refractivity contribution is 0.309. The number of halogens is 1. The van der Waals surface area contributed by atoms with Crippen molar-refractivity contribution in [2.75, 3.05) is 26.4 Å². The van der Waals surface area contributed by atoms with Gasteiger partial charge >= 0.3 is 0 Å². The molecule has 0 fully saturated rings. The minimum atomic E-state index is -3.22.